The van der Waals surface area contributed by atoms with E-state index in [0.29, 0.717) is 0 Å². The molecule has 1 aromatic carbocycles. The lowest BCUT2D eigenvalue weighted by Gasteiger charge is -2.31. The molecule has 2 aliphatic carbocycles. The smallest absolute Gasteiger partial charge is 0.0249 e. The highest BCUT2D eigenvalue weighted by Gasteiger charge is 2.24. The molecule has 2 fully saturated rings. The predicted octanol–water partition coefficient (Wildman–Crippen LogP) is 9.52. The Balaban J connectivity index is 1.28. The maximum Gasteiger partial charge on any atom is 0.0249 e. The monoisotopic (exact) mass is 432 g/mol. The Bertz CT molecular complexity index is 697. The lowest BCUT2D eigenvalue weighted by molar-refractivity contribution is 0.219. The van der Waals surface area contributed by atoms with E-state index >= 15 is 0 Å². The first-order chi connectivity index (χ1) is 15.8. The normalized spacial score (nSPS) is 26.1. The molecule has 0 saturated heterocycles. The van der Waals surface area contributed by atoms with E-state index in [4.69, 9.17) is 0 Å². The number of aryl methyl sites for hydroxylation is 1. The van der Waals surface area contributed by atoms with Crippen LogP contribution in [-0.4, -0.2) is 0 Å². The molecule has 0 unspecified atom stereocenters. The minimum Gasteiger partial charge on any atom is -0.0730 e. The van der Waals surface area contributed by atoms with Crippen LogP contribution in [0.1, 0.15) is 121 Å². The Hall–Kier alpha value is -1.48. The number of hydrogen-bond donors (Lipinski definition) is 0. The first-order valence-electron chi connectivity index (χ1n) is 14.0. The highest BCUT2D eigenvalue weighted by atomic mass is 14.3. The van der Waals surface area contributed by atoms with Crippen LogP contribution in [0.3, 0.4) is 0 Å². The van der Waals surface area contributed by atoms with Gasteiger partial charge in [-0.15, -0.1) is 0 Å². The Morgan fingerprint density at radius 3 is 1.91 bits per heavy atom. The van der Waals surface area contributed by atoms with Gasteiger partial charge in [-0.1, -0.05) is 115 Å². The molecule has 0 spiro atoms. The first kappa shape index (κ1) is 25.1. The van der Waals surface area contributed by atoms with Crippen LogP contribution in [0.4, 0.5) is 0 Å². The molecule has 0 bridgehead atoms. The van der Waals surface area contributed by atoms with Crippen molar-refractivity contribution in [2.24, 2.45) is 23.7 Å². The van der Waals surface area contributed by atoms with Crippen LogP contribution >= 0.6 is 0 Å². The van der Waals surface area contributed by atoms with Crippen molar-refractivity contribution >= 4 is 0 Å². The third kappa shape index (κ3) is 9.17. The molecule has 2 aliphatic rings. The fraction of sp³-hybridized carbons (Fsp3) is 0.688. The first-order valence-corrected chi connectivity index (χ1v) is 14.0. The van der Waals surface area contributed by atoms with Crippen molar-refractivity contribution in [3.8, 4) is 11.8 Å². The largest absolute Gasteiger partial charge is 0.0730 e. The topological polar surface area (TPSA) is 0 Å². The summed E-state index contributed by atoms with van der Waals surface area (Å²) in [4.78, 5) is 0. The van der Waals surface area contributed by atoms with Gasteiger partial charge in [0.15, 0.2) is 0 Å². The van der Waals surface area contributed by atoms with Crippen LogP contribution in [0.5, 0.6) is 0 Å². The molecule has 0 radical (unpaired) electrons. The summed E-state index contributed by atoms with van der Waals surface area (Å²) in [5, 5.41) is 0. The third-order valence-electron chi connectivity index (χ3n) is 8.22. The van der Waals surface area contributed by atoms with Gasteiger partial charge in [0, 0.05) is 5.56 Å². The van der Waals surface area contributed by atoms with Crippen molar-refractivity contribution in [2.75, 3.05) is 0 Å². The molecule has 2 saturated carbocycles. The van der Waals surface area contributed by atoms with Crippen LogP contribution in [0, 0.1) is 35.5 Å². The molecule has 3 rings (SSSR count). The molecule has 0 heterocycles. The van der Waals surface area contributed by atoms with E-state index in [-0.39, 0.29) is 0 Å². The molecular weight excluding hydrogens is 384 g/mol. The molecule has 0 N–H and O–H groups in total. The van der Waals surface area contributed by atoms with Gasteiger partial charge in [-0.3, -0.25) is 0 Å². The zero-order chi connectivity index (χ0) is 22.4. The molecule has 176 valence electrons. The van der Waals surface area contributed by atoms with E-state index in [9.17, 15) is 0 Å². The van der Waals surface area contributed by atoms with Gasteiger partial charge in [0.2, 0.25) is 0 Å². The second-order valence-corrected chi connectivity index (χ2v) is 10.8. The van der Waals surface area contributed by atoms with E-state index in [0.717, 1.165) is 35.7 Å². The van der Waals surface area contributed by atoms with Gasteiger partial charge < -0.3 is 0 Å². The Kier molecular flexibility index (Phi) is 11.5. The minimum absolute atomic E-state index is 0.756. The van der Waals surface area contributed by atoms with Gasteiger partial charge >= 0.3 is 0 Å². The van der Waals surface area contributed by atoms with Crippen molar-refractivity contribution in [3.63, 3.8) is 0 Å². The Morgan fingerprint density at radius 1 is 0.719 bits per heavy atom. The molecule has 0 amide bonds. The molecule has 0 aliphatic heterocycles. The molecule has 0 atom stereocenters. The summed E-state index contributed by atoms with van der Waals surface area (Å²) < 4.78 is 0. The highest BCUT2D eigenvalue weighted by Crippen LogP contribution is 2.38. The van der Waals surface area contributed by atoms with E-state index in [1.54, 1.807) is 0 Å². The van der Waals surface area contributed by atoms with Crippen molar-refractivity contribution < 1.29 is 0 Å². The fourth-order valence-corrected chi connectivity index (χ4v) is 5.99. The van der Waals surface area contributed by atoms with Gasteiger partial charge in [0.05, 0.1) is 0 Å². The fourth-order valence-electron chi connectivity index (χ4n) is 5.99. The second-order valence-electron chi connectivity index (χ2n) is 10.8. The van der Waals surface area contributed by atoms with Crippen molar-refractivity contribution in [1.82, 2.24) is 0 Å². The summed E-state index contributed by atoms with van der Waals surface area (Å²) >= 11 is 0. The second kappa shape index (κ2) is 14.6. The van der Waals surface area contributed by atoms with Gasteiger partial charge in [-0.05, 0) is 79.5 Å². The van der Waals surface area contributed by atoms with Crippen LogP contribution in [0.15, 0.2) is 36.4 Å². The van der Waals surface area contributed by atoms with Crippen molar-refractivity contribution in [3.05, 3.63) is 47.5 Å². The molecule has 1 aromatic rings. The Morgan fingerprint density at radius 2 is 1.31 bits per heavy atom. The summed E-state index contributed by atoms with van der Waals surface area (Å²) in [6.45, 7) is 4.55. The summed E-state index contributed by atoms with van der Waals surface area (Å²) in [7, 11) is 0. The zero-order valence-corrected chi connectivity index (χ0v) is 21.1. The van der Waals surface area contributed by atoms with Crippen LogP contribution in [0.25, 0.3) is 0 Å². The van der Waals surface area contributed by atoms with Crippen molar-refractivity contribution in [1.29, 1.82) is 0 Å². The molecule has 0 aromatic heterocycles. The van der Waals surface area contributed by atoms with Gasteiger partial charge in [-0.2, -0.15) is 0 Å². The van der Waals surface area contributed by atoms with Gasteiger partial charge in [0.1, 0.15) is 0 Å². The quantitative estimate of drug-likeness (QED) is 0.255. The standard InChI is InChI=1S/C32H48/c1-3-5-6-10-28-17-21-31(22-18-28)25-26-32-23-19-30(20-24-32)12-8-7-11-29-15-13-27(9-4-2)14-16-29/h8,12-16,28,30-32H,3-6,9-10,17-26H2,1-2H3/t28-,30-,31-,32-. The average molecular weight is 433 g/mol. The summed E-state index contributed by atoms with van der Waals surface area (Å²) in [5.74, 6) is 10.4. The van der Waals surface area contributed by atoms with E-state index in [2.05, 4.69) is 62.1 Å². The average Bonchev–Trinajstić information content (AvgIpc) is 2.83. The van der Waals surface area contributed by atoms with Gasteiger partial charge in [0.25, 0.3) is 0 Å². The zero-order valence-electron chi connectivity index (χ0n) is 21.1. The number of allylic oxidation sites excluding steroid dienone is 2. The lowest BCUT2D eigenvalue weighted by Crippen LogP contribution is -2.17. The molecule has 32 heavy (non-hydrogen) atoms. The maximum absolute atomic E-state index is 3.30. The van der Waals surface area contributed by atoms with E-state index in [1.807, 2.05) is 0 Å². The summed E-state index contributed by atoms with van der Waals surface area (Å²) in [6.07, 6.45) is 27.4. The summed E-state index contributed by atoms with van der Waals surface area (Å²) in [5.41, 5.74) is 2.55. The predicted molar refractivity (Wildman–Crippen MR) is 141 cm³/mol. The van der Waals surface area contributed by atoms with E-state index < -0.39 is 0 Å². The number of rotatable bonds is 10. The Labute approximate surface area is 199 Å². The van der Waals surface area contributed by atoms with Crippen LogP contribution in [-0.2, 0) is 6.42 Å². The minimum atomic E-state index is 0.756. The van der Waals surface area contributed by atoms with Crippen LogP contribution in [0.2, 0.25) is 0 Å². The number of benzene rings is 1. The molecular formula is C32H48. The van der Waals surface area contributed by atoms with Crippen LogP contribution < -0.4 is 0 Å². The molecule has 0 nitrogen and oxygen atoms in total. The van der Waals surface area contributed by atoms with Crippen molar-refractivity contribution in [2.45, 2.75) is 117 Å². The third-order valence-corrected chi connectivity index (χ3v) is 8.22. The lowest BCUT2D eigenvalue weighted by atomic mass is 9.75. The summed E-state index contributed by atoms with van der Waals surface area (Å²) in [6, 6.07) is 8.77. The number of unbranched alkanes of at least 4 members (excludes halogenated alkanes) is 2. The van der Waals surface area contributed by atoms with Gasteiger partial charge in [-0.25, -0.2) is 0 Å². The number of hydrogen-bond acceptors (Lipinski definition) is 0. The van der Waals surface area contributed by atoms with E-state index in [1.165, 1.54) is 102 Å². The highest BCUT2D eigenvalue weighted by molar-refractivity contribution is 5.38. The molecule has 0 heteroatoms. The SMILES string of the molecule is CCCCC[C@H]1CC[C@H](CC[C@H]2CC[C@H](C=CC#Cc3ccc(CCC)cc3)CC2)CC1. The maximum atomic E-state index is 3.30.